The Morgan fingerprint density at radius 2 is 1.83 bits per heavy atom. The average molecular weight is 840 g/mol. The Balaban J connectivity index is 1.17. The molecule has 2 saturated heterocycles. The topological polar surface area (TPSA) is 174 Å². The summed E-state index contributed by atoms with van der Waals surface area (Å²) in [4.78, 5) is 37.4. The number of nitrogens with zero attached hydrogens (tertiary/aromatic N) is 3. The van der Waals surface area contributed by atoms with E-state index in [0.717, 1.165) is 16.3 Å². The van der Waals surface area contributed by atoms with Crippen LogP contribution in [0.4, 0.5) is 4.79 Å². The molecule has 2 aromatic carbocycles. The van der Waals surface area contributed by atoms with Crippen LogP contribution in [0.2, 0.25) is 0 Å². The smallest absolute Gasteiger partial charge is 0.407 e. The van der Waals surface area contributed by atoms with Crippen molar-refractivity contribution in [2.24, 2.45) is 11.8 Å². The Hall–Kier alpha value is -5.01. The standard InChI is InChI=1S/C40H46N4O12S2/c1-26(2)19-44(58(47,48)31-11-12-34-35(18-31)53-25-52-34)20-36(55-38(45)23-54-43-14-5-4-6-15-43)33(42-40(46)56-37-22-51-39-32(37)13-16-49-39)17-28-7-9-30(10-8-28)50-21-29-24-57-27(3)41-29/h4-12,14-15,18,24,26,32-33,36-37,39H,13,16-17,19-23,25H2,1-3H3/p+1/t32-,33-,36+,37-,39+/m0/s1. The fraction of sp³-hybridized carbons (Fsp3) is 0.450. The van der Waals surface area contributed by atoms with E-state index in [2.05, 4.69) is 10.3 Å². The number of nitrogens with one attached hydrogen (secondary N) is 1. The van der Waals surface area contributed by atoms with Gasteiger partial charge >= 0.3 is 12.1 Å². The number of aromatic nitrogens is 2. The molecule has 0 unspecified atom stereocenters. The summed E-state index contributed by atoms with van der Waals surface area (Å²) in [6.07, 6.45) is 0.987. The van der Waals surface area contributed by atoms with Crippen molar-refractivity contribution >= 4 is 33.4 Å². The van der Waals surface area contributed by atoms with Crippen LogP contribution in [0.5, 0.6) is 17.2 Å². The molecule has 0 radical (unpaired) electrons. The van der Waals surface area contributed by atoms with E-state index in [0.29, 0.717) is 36.9 Å². The predicted octanol–water partition coefficient (Wildman–Crippen LogP) is 3.83. The van der Waals surface area contributed by atoms with Gasteiger partial charge < -0.3 is 38.5 Å². The van der Waals surface area contributed by atoms with Gasteiger partial charge in [0.15, 0.2) is 17.8 Å². The third-order valence-electron chi connectivity index (χ3n) is 9.66. The highest BCUT2D eigenvalue weighted by Gasteiger charge is 2.44. The lowest BCUT2D eigenvalue weighted by Gasteiger charge is -2.33. The molecular weight excluding hydrogens is 793 g/mol. The van der Waals surface area contributed by atoms with Gasteiger partial charge in [0.1, 0.15) is 24.6 Å². The molecule has 58 heavy (non-hydrogen) atoms. The van der Waals surface area contributed by atoms with Gasteiger partial charge in [-0.2, -0.15) is 4.31 Å². The molecule has 5 heterocycles. The lowest BCUT2D eigenvalue weighted by Crippen LogP contribution is -2.54. The number of ether oxygens (including phenoxy) is 7. The van der Waals surface area contributed by atoms with Crippen molar-refractivity contribution in [2.45, 2.75) is 69.7 Å². The first-order valence-electron chi connectivity index (χ1n) is 19.0. The highest BCUT2D eigenvalue weighted by Crippen LogP contribution is 2.35. The first-order valence-corrected chi connectivity index (χ1v) is 21.3. The SMILES string of the molecule is Cc1nc(COc2ccc(C[C@H](NC(=O)O[C@H]3CO[C@H]4OCC[C@H]43)[C@@H](CN(CC(C)C)S(=O)(=O)c3ccc4c(c3)OCO4)OC(=O)CO[n+]3ccccc3)cc2)cs1. The zero-order valence-corrected chi connectivity index (χ0v) is 34.0. The van der Waals surface area contributed by atoms with Crippen LogP contribution in [-0.4, -0.2) is 94.0 Å². The van der Waals surface area contributed by atoms with Crippen LogP contribution in [0.15, 0.2) is 83.3 Å². The fourth-order valence-corrected chi connectivity index (χ4v) is 9.09. The number of esters is 1. The molecule has 3 aliphatic rings. The molecule has 1 N–H and O–H groups in total. The first-order chi connectivity index (χ1) is 28.0. The van der Waals surface area contributed by atoms with Crippen molar-refractivity contribution in [1.82, 2.24) is 14.6 Å². The minimum absolute atomic E-state index is 0.0284. The molecule has 0 spiro atoms. The highest BCUT2D eigenvalue weighted by molar-refractivity contribution is 7.89. The summed E-state index contributed by atoms with van der Waals surface area (Å²) >= 11 is 1.54. The van der Waals surface area contributed by atoms with Crippen LogP contribution in [0.25, 0.3) is 0 Å². The van der Waals surface area contributed by atoms with Crippen molar-refractivity contribution in [3.8, 4) is 17.2 Å². The van der Waals surface area contributed by atoms with Crippen LogP contribution in [0.1, 0.15) is 36.5 Å². The molecule has 0 saturated carbocycles. The second-order valence-corrected chi connectivity index (χ2v) is 17.5. The Morgan fingerprint density at radius 1 is 1.03 bits per heavy atom. The molecule has 18 heteroatoms. The summed E-state index contributed by atoms with van der Waals surface area (Å²) in [5.41, 5.74) is 1.56. The van der Waals surface area contributed by atoms with E-state index in [1.54, 1.807) is 54.1 Å². The van der Waals surface area contributed by atoms with Crippen molar-refractivity contribution in [3.05, 3.63) is 94.7 Å². The number of thiazole rings is 1. The third kappa shape index (κ3) is 10.5. The number of pyridine rings is 1. The van der Waals surface area contributed by atoms with Gasteiger partial charge in [0.2, 0.25) is 29.2 Å². The third-order valence-corrected chi connectivity index (χ3v) is 12.3. The molecule has 0 bridgehead atoms. The molecule has 4 aromatic rings. The fourth-order valence-electron chi connectivity index (χ4n) is 6.86. The van der Waals surface area contributed by atoms with Gasteiger partial charge in [0, 0.05) is 34.9 Å². The van der Waals surface area contributed by atoms with Gasteiger partial charge in [-0.3, -0.25) is 4.84 Å². The van der Waals surface area contributed by atoms with Gasteiger partial charge in [-0.25, -0.2) is 23.0 Å². The number of carbonyl (C=O) groups excluding carboxylic acids is 2. The molecule has 7 rings (SSSR count). The van der Waals surface area contributed by atoms with Crippen molar-refractivity contribution in [2.75, 3.05) is 39.7 Å². The number of carbonyl (C=O) groups is 2. The number of sulfonamides is 1. The highest BCUT2D eigenvalue weighted by atomic mass is 32.2. The van der Waals surface area contributed by atoms with Crippen LogP contribution >= 0.6 is 11.3 Å². The van der Waals surface area contributed by atoms with Gasteiger partial charge in [-0.1, -0.05) is 32.0 Å². The number of rotatable bonds is 18. The summed E-state index contributed by atoms with van der Waals surface area (Å²) in [6.45, 7) is 5.84. The molecule has 1 amide bonds. The Morgan fingerprint density at radius 3 is 2.59 bits per heavy atom. The maximum Gasteiger partial charge on any atom is 0.407 e. The van der Waals surface area contributed by atoms with E-state index in [-0.39, 0.29) is 49.6 Å². The largest absolute Gasteiger partial charge is 0.487 e. The number of hydrogen-bond acceptors (Lipinski definition) is 14. The summed E-state index contributed by atoms with van der Waals surface area (Å²) < 4.78 is 71.7. The van der Waals surface area contributed by atoms with Gasteiger partial charge in [-0.15, -0.1) is 11.3 Å². The summed E-state index contributed by atoms with van der Waals surface area (Å²) in [6, 6.07) is 15.9. The number of alkyl carbamates (subject to hydrolysis) is 1. The van der Waals surface area contributed by atoms with Crippen molar-refractivity contribution < 1.29 is 60.7 Å². The maximum atomic E-state index is 14.4. The average Bonchev–Trinajstić information content (AvgIpc) is 4.03. The van der Waals surface area contributed by atoms with Crippen molar-refractivity contribution in [3.63, 3.8) is 0 Å². The first kappa shape index (κ1) is 41.2. The van der Waals surface area contributed by atoms with E-state index in [1.165, 1.54) is 27.2 Å². The Bertz CT molecular complexity index is 2120. The zero-order chi connectivity index (χ0) is 40.6. The zero-order valence-electron chi connectivity index (χ0n) is 32.4. The van der Waals surface area contributed by atoms with E-state index in [4.69, 9.17) is 38.0 Å². The lowest BCUT2D eigenvalue weighted by atomic mass is 10.0. The lowest BCUT2D eigenvalue weighted by molar-refractivity contribution is -0.889. The minimum Gasteiger partial charge on any atom is -0.487 e. The molecule has 16 nitrogen and oxygen atoms in total. The van der Waals surface area contributed by atoms with Crippen molar-refractivity contribution in [1.29, 1.82) is 0 Å². The van der Waals surface area contributed by atoms with Crippen LogP contribution in [0.3, 0.4) is 0 Å². The minimum atomic E-state index is -4.22. The van der Waals surface area contributed by atoms with Crippen LogP contribution in [-0.2, 0) is 46.8 Å². The van der Waals surface area contributed by atoms with Gasteiger partial charge in [-0.05, 0) is 55.5 Å². The number of benzene rings is 2. The quantitative estimate of drug-likeness (QED) is 0.113. The molecule has 0 aliphatic carbocycles. The summed E-state index contributed by atoms with van der Waals surface area (Å²) in [7, 11) is -4.22. The Kier molecular flexibility index (Phi) is 13.3. The molecule has 5 atom stereocenters. The normalized spacial score (nSPS) is 19.4. The summed E-state index contributed by atoms with van der Waals surface area (Å²) in [5.74, 6) is 0.273. The number of amides is 1. The number of aryl methyl sites for hydroxylation is 1. The van der Waals surface area contributed by atoms with E-state index in [1.807, 2.05) is 38.3 Å². The molecule has 310 valence electrons. The van der Waals surface area contributed by atoms with E-state index < -0.39 is 53.2 Å². The van der Waals surface area contributed by atoms with E-state index in [9.17, 15) is 18.0 Å². The maximum absolute atomic E-state index is 14.4. The number of fused-ring (bicyclic) bond motifs is 2. The number of hydrogen-bond donors (Lipinski definition) is 1. The second-order valence-electron chi connectivity index (χ2n) is 14.5. The van der Waals surface area contributed by atoms with E-state index >= 15 is 0 Å². The monoisotopic (exact) mass is 839 g/mol. The molecule has 2 aromatic heterocycles. The summed E-state index contributed by atoms with van der Waals surface area (Å²) in [5, 5.41) is 5.81. The van der Waals surface area contributed by atoms with Gasteiger partial charge in [0.05, 0.1) is 47.3 Å². The molecule has 3 aliphatic heterocycles. The van der Waals surface area contributed by atoms with Crippen LogP contribution < -0.4 is 29.1 Å². The predicted molar refractivity (Wildman–Crippen MR) is 206 cm³/mol. The van der Waals surface area contributed by atoms with Crippen LogP contribution in [0, 0.1) is 18.8 Å². The molecule has 2 fully saturated rings. The second kappa shape index (κ2) is 18.7. The molecular formula is C40H47N4O12S2+. The Labute approximate surface area is 340 Å². The van der Waals surface area contributed by atoms with Gasteiger partial charge in [0.25, 0.3) is 6.61 Å².